The maximum absolute atomic E-state index is 5.16. The van der Waals surface area contributed by atoms with Crippen LogP contribution in [0, 0.1) is 5.92 Å². The number of pyridine rings is 2. The Hall–Kier alpha value is -5.02. The molecular formula is C37H25N3. The fraction of sp³-hybridized carbons (Fsp3) is 0.0811. The van der Waals surface area contributed by atoms with E-state index in [2.05, 4.69) is 121 Å². The normalized spacial score (nSPS) is 17.7. The molecule has 3 heterocycles. The van der Waals surface area contributed by atoms with E-state index in [9.17, 15) is 0 Å². The highest BCUT2D eigenvalue weighted by Crippen LogP contribution is 2.48. The lowest BCUT2D eigenvalue weighted by Crippen LogP contribution is -2.16. The second kappa shape index (κ2) is 8.00. The van der Waals surface area contributed by atoms with Gasteiger partial charge in [-0.25, -0.2) is 9.97 Å². The van der Waals surface area contributed by atoms with E-state index in [1.165, 1.54) is 38.6 Å². The van der Waals surface area contributed by atoms with E-state index in [1.54, 1.807) is 0 Å². The number of imidazole rings is 1. The molecule has 3 heteroatoms. The number of benzene rings is 4. The first-order valence-corrected chi connectivity index (χ1v) is 14.0. The van der Waals surface area contributed by atoms with Crippen LogP contribution in [0.25, 0.3) is 61.3 Å². The monoisotopic (exact) mass is 511 g/mol. The Morgan fingerprint density at radius 2 is 1.60 bits per heavy atom. The van der Waals surface area contributed by atoms with Crippen molar-refractivity contribution in [2.24, 2.45) is 5.92 Å². The minimum atomic E-state index is 0.418. The molecule has 0 amide bonds. The molecule has 0 bridgehead atoms. The molecule has 3 aromatic heterocycles. The van der Waals surface area contributed by atoms with Gasteiger partial charge in [0.05, 0.1) is 16.7 Å². The van der Waals surface area contributed by atoms with Gasteiger partial charge in [-0.1, -0.05) is 104 Å². The van der Waals surface area contributed by atoms with Crippen molar-refractivity contribution in [2.45, 2.75) is 12.8 Å². The van der Waals surface area contributed by atoms with Gasteiger partial charge in [-0.3, -0.25) is 4.40 Å². The molecule has 2 aliphatic carbocycles. The topological polar surface area (TPSA) is 30.2 Å². The Morgan fingerprint density at radius 1 is 0.750 bits per heavy atom. The number of allylic oxidation sites excluding steroid dienone is 2. The van der Waals surface area contributed by atoms with Crippen molar-refractivity contribution in [2.75, 3.05) is 0 Å². The Bertz CT molecular complexity index is 2230. The van der Waals surface area contributed by atoms with Gasteiger partial charge in [0, 0.05) is 23.1 Å². The minimum Gasteiger partial charge on any atom is -0.298 e. The average molecular weight is 512 g/mol. The highest BCUT2D eigenvalue weighted by atomic mass is 15.0. The molecule has 0 N–H and O–H groups in total. The molecule has 7 aromatic rings. The molecule has 40 heavy (non-hydrogen) atoms. The van der Waals surface area contributed by atoms with Gasteiger partial charge in [-0.15, -0.1) is 0 Å². The molecule has 0 saturated heterocycles. The summed E-state index contributed by atoms with van der Waals surface area (Å²) in [6, 6.07) is 34.7. The summed E-state index contributed by atoms with van der Waals surface area (Å²) >= 11 is 0. The van der Waals surface area contributed by atoms with Crippen LogP contribution in [0.15, 0.2) is 115 Å². The molecule has 0 saturated carbocycles. The Morgan fingerprint density at radius 3 is 2.52 bits per heavy atom. The van der Waals surface area contributed by atoms with Crippen LogP contribution in [0.2, 0.25) is 0 Å². The predicted octanol–water partition coefficient (Wildman–Crippen LogP) is 9.05. The number of para-hydroxylation sites is 1. The van der Waals surface area contributed by atoms with Crippen LogP contribution in [0.3, 0.4) is 0 Å². The zero-order valence-electron chi connectivity index (χ0n) is 22.0. The molecular weight excluding hydrogens is 486 g/mol. The third kappa shape index (κ3) is 2.95. The summed E-state index contributed by atoms with van der Waals surface area (Å²) in [4.78, 5) is 10.2. The zero-order chi connectivity index (χ0) is 26.4. The van der Waals surface area contributed by atoms with E-state index in [-0.39, 0.29) is 0 Å². The van der Waals surface area contributed by atoms with Crippen LogP contribution in [0.4, 0.5) is 0 Å². The fourth-order valence-electron chi connectivity index (χ4n) is 6.97. The number of hydrogen-bond acceptors (Lipinski definition) is 2. The number of hydrogen-bond donors (Lipinski definition) is 0. The molecule has 188 valence electrons. The summed E-state index contributed by atoms with van der Waals surface area (Å²) in [5.74, 6) is 0.846. The second-order valence-electron chi connectivity index (χ2n) is 11.1. The minimum absolute atomic E-state index is 0.418. The largest absolute Gasteiger partial charge is 0.298 e. The van der Waals surface area contributed by atoms with Gasteiger partial charge < -0.3 is 0 Å². The van der Waals surface area contributed by atoms with Gasteiger partial charge in [-0.2, -0.15) is 0 Å². The molecule has 0 radical (unpaired) electrons. The molecule has 3 nitrogen and oxygen atoms in total. The molecule has 4 aromatic carbocycles. The number of nitrogens with zero attached hydrogens (tertiary/aromatic N) is 3. The predicted molar refractivity (Wildman–Crippen MR) is 165 cm³/mol. The maximum atomic E-state index is 5.16. The van der Waals surface area contributed by atoms with Crippen molar-refractivity contribution < 1.29 is 0 Å². The van der Waals surface area contributed by atoms with E-state index >= 15 is 0 Å². The molecule has 2 aliphatic rings. The zero-order valence-corrected chi connectivity index (χ0v) is 22.0. The van der Waals surface area contributed by atoms with Gasteiger partial charge in [0.1, 0.15) is 11.2 Å². The average Bonchev–Trinajstić information content (AvgIpc) is 3.40. The third-order valence-electron chi connectivity index (χ3n) is 8.84. The summed E-state index contributed by atoms with van der Waals surface area (Å²) in [6.45, 7) is 2.35. The summed E-state index contributed by atoms with van der Waals surface area (Å²) in [6.07, 6.45) is 9.25. The van der Waals surface area contributed by atoms with E-state index in [4.69, 9.17) is 9.97 Å². The molecule has 2 unspecified atom stereocenters. The number of fused-ring (bicyclic) bond motifs is 5. The standard InChI is InChI=1S/C37H25N3/c1-22-21-30(28-19-17-25-8-6-7-24-16-18-27(22)34(28)33(24)25)23-12-14-26(15-13-23)35-37-36(29-9-2-3-10-31(29)38-35)39-32-11-4-5-20-40(32)37/h2-22,27H,1H3. The molecule has 2 atom stereocenters. The quantitative estimate of drug-likeness (QED) is 0.232. The lowest BCUT2D eigenvalue weighted by molar-refractivity contribution is 0.637. The van der Waals surface area contributed by atoms with E-state index < -0.39 is 0 Å². The van der Waals surface area contributed by atoms with Crippen LogP contribution in [0.5, 0.6) is 0 Å². The summed E-state index contributed by atoms with van der Waals surface area (Å²) < 4.78 is 2.16. The first kappa shape index (κ1) is 21.9. The van der Waals surface area contributed by atoms with Crippen molar-refractivity contribution in [1.29, 1.82) is 0 Å². The van der Waals surface area contributed by atoms with Crippen molar-refractivity contribution in [1.82, 2.24) is 14.4 Å². The SMILES string of the molecule is CC1C=C(c2ccc(-c3nc4ccccc4c4nc5ccccn5c34)cc2)c2ccc3cccc4c3c2C1C=C4. The van der Waals surface area contributed by atoms with Crippen molar-refractivity contribution in [3.05, 3.63) is 138 Å². The highest BCUT2D eigenvalue weighted by Gasteiger charge is 2.30. The van der Waals surface area contributed by atoms with Crippen molar-refractivity contribution in [3.63, 3.8) is 0 Å². The van der Waals surface area contributed by atoms with Crippen LogP contribution >= 0.6 is 0 Å². The van der Waals surface area contributed by atoms with Crippen LogP contribution in [-0.2, 0) is 0 Å². The van der Waals surface area contributed by atoms with E-state index in [0.29, 0.717) is 11.8 Å². The van der Waals surface area contributed by atoms with Gasteiger partial charge in [0.25, 0.3) is 0 Å². The molecule has 0 spiro atoms. The van der Waals surface area contributed by atoms with Gasteiger partial charge >= 0.3 is 0 Å². The fourth-order valence-corrected chi connectivity index (χ4v) is 6.97. The Kier molecular flexibility index (Phi) is 4.37. The Balaban J connectivity index is 1.23. The maximum Gasteiger partial charge on any atom is 0.137 e. The van der Waals surface area contributed by atoms with E-state index in [0.717, 1.165) is 38.8 Å². The first-order valence-electron chi connectivity index (χ1n) is 14.0. The molecule has 0 aliphatic heterocycles. The molecule has 0 fully saturated rings. The van der Waals surface area contributed by atoms with Gasteiger partial charge in [0.15, 0.2) is 0 Å². The van der Waals surface area contributed by atoms with Gasteiger partial charge in [-0.05, 0) is 62.7 Å². The number of aromatic nitrogens is 3. The van der Waals surface area contributed by atoms with Crippen LogP contribution < -0.4 is 0 Å². The molecule has 9 rings (SSSR count). The Labute approximate surface area is 231 Å². The third-order valence-corrected chi connectivity index (χ3v) is 8.84. The highest BCUT2D eigenvalue weighted by molar-refractivity contribution is 6.09. The summed E-state index contributed by atoms with van der Waals surface area (Å²) in [5.41, 5.74) is 12.7. The van der Waals surface area contributed by atoms with Crippen LogP contribution in [0.1, 0.15) is 35.1 Å². The lowest BCUT2D eigenvalue weighted by atomic mass is 9.71. The smallest absolute Gasteiger partial charge is 0.137 e. The van der Waals surface area contributed by atoms with E-state index in [1.807, 2.05) is 12.1 Å². The van der Waals surface area contributed by atoms with Crippen molar-refractivity contribution in [3.8, 4) is 11.3 Å². The lowest BCUT2D eigenvalue weighted by Gasteiger charge is -2.33. The second-order valence-corrected chi connectivity index (χ2v) is 11.1. The summed E-state index contributed by atoms with van der Waals surface area (Å²) in [7, 11) is 0. The van der Waals surface area contributed by atoms with Gasteiger partial charge in [0.2, 0.25) is 0 Å². The summed E-state index contributed by atoms with van der Waals surface area (Å²) in [5, 5.41) is 3.82. The van der Waals surface area contributed by atoms with Crippen LogP contribution in [-0.4, -0.2) is 14.4 Å². The first-order chi connectivity index (χ1) is 19.7. The van der Waals surface area contributed by atoms with Crippen molar-refractivity contribution >= 4 is 50.0 Å². The number of rotatable bonds is 2.